The molecule has 0 saturated carbocycles. The van der Waals surface area contributed by atoms with Crippen LogP contribution in [0.4, 0.5) is 8.78 Å². The molecule has 1 heterocycles. The second kappa shape index (κ2) is 4.49. The Hall–Kier alpha value is -1.18. The summed E-state index contributed by atoms with van der Waals surface area (Å²) in [5.74, 6) is -1.26. The Kier molecular flexibility index (Phi) is 2.96. The zero-order chi connectivity index (χ0) is 12.7. The van der Waals surface area contributed by atoms with Crippen LogP contribution < -0.4 is 4.46 Å². The molecule has 0 unspecified atom stereocenters. The van der Waals surface area contributed by atoms with E-state index in [1.54, 1.807) is 6.07 Å². The fourth-order valence-corrected chi connectivity index (χ4v) is 4.92. The monoisotopic (exact) mass is 310 g/mol. The van der Waals surface area contributed by atoms with Crippen molar-refractivity contribution < 1.29 is 8.78 Å². The summed E-state index contributed by atoms with van der Waals surface area (Å²) >= 11 is 0.171. The summed E-state index contributed by atoms with van der Waals surface area (Å²) in [5, 5.41) is 0.632. The zero-order valence-corrected chi connectivity index (χ0v) is 11.6. The van der Waals surface area contributed by atoms with Crippen LogP contribution >= 0.6 is 0 Å². The maximum absolute atomic E-state index is 13.9. The number of fused-ring (bicyclic) bond motifs is 2. The van der Waals surface area contributed by atoms with Gasteiger partial charge in [0.2, 0.25) is 0 Å². The molecule has 18 heavy (non-hydrogen) atoms. The van der Waals surface area contributed by atoms with Crippen LogP contribution in [0, 0.1) is 11.6 Å². The van der Waals surface area contributed by atoms with Crippen LogP contribution in [0.3, 0.4) is 0 Å². The maximum atomic E-state index is 13.9. The third-order valence-electron chi connectivity index (χ3n) is 3.46. The molecular formula is C15H12F2Se. The molecule has 1 aliphatic rings. The first-order chi connectivity index (χ1) is 8.68. The summed E-state index contributed by atoms with van der Waals surface area (Å²) in [6.07, 6.45) is 0. The van der Waals surface area contributed by atoms with Crippen LogP contribution in [0.5, 0.6) is 0 Å². The first-order valence-corrected chi connectivity index (χ1v) is 7.93. The average molecular weight is 309 g/mol. The first-order valence-electron chi connectivity index (χ1n) is 5.87. The molecule has 0 aliphatic carbocycles. The SMILES string of the molecule is C[C@@H]1c2ccccc2[Se]Cc2c1ccc(F)c2F. The van der Waals surface area contributed by atoms with Crippen molar-refractivity contribution >= 4 is 19.4 Å². The molecule has 2 aromatic carbocycles. The van der Waals surface area contributed by atoms with Gasteiger partial charge in [0.1, 0.15) is 0 Å². The van der Waals surface area contributed by atoms with E-state index in [1.807, 2.05) is 12.1 Å². The van der Waals surface area contributed by atoms with Crippen molar-refractivity contribution in [3.63, 3.8) is 0 Å². The average Bonchev–Trinajstić information content (AvgIpc) is 2.53. The van der Waals surface area contributed by atoms with Crippen LogP contribution in [0.1, 0.15) is 29.5 Å². The fraction of sp³-hybridized carbons (Fsp3) is 0.200. The van der Waals surface area contributed by atoms with Crippen molar-refractivity contribution in [2.24, 2.45) is 0 Å². The van der Waals surface area contributed by atoms with Gasteiger partial charge in [-0.2, -0.15) is 0 Å². The Bertz CT molecular complexity index is 607. The van der Waals surface area contributed by atoms with Gasteiger partial charge in [0, 0.05) is 0 Å². The van der Waals surface area contributed by atoms with Crippen molar-refractivity contribution in [2.45, 2.75) is 18.2 Å². The van der Waals surface area contributed by atoms with E-state index in [-0.39, 0.29) is 20.9 Å². The molecule has 3 rings (SSSR count). The van der Waals surface area contributed by atoms with Crippen molar-refractivity contribution in [3.05, 3.63) is 64.7 Å². The molecule has 0 amide bonds. The second-order valence-electron chi connectivity index (χ2n) is 4.48. The molecule has 0 fully saturated rings. The van der Waals surface area contributed by atoms with Gasteiger partial charge in [-0.1, -0.05) is 0 Å². The van der Waals surface area contributed by atoms with Crippen LogP contribution in [-0.2, 0) is 5.32 Å². The molecule has 2 aromatic rings. The van der Waals surface area contributed by atoms with Gasteiger partial charge in [0.25, 0.3) is 0 Å². The normalized spacial score (nSPS) is 17.8. The van der Waals surface area contributed by atoms with Crippen LogP contribution in [0.25, 0.3) is 0 Å². The molecule has 0 bridgehead atoms. The predicted octanol–water partition coefficient (Wildman–Crippen LogP) is 2.96. The quantitative estimate of drug-likeness (QED) is 0.656. The van der Waals surface area contributed by atoms with E-state index in [4.69, 9.17) is 0 Å². The first kappa shape index (κ1) is 11.9. The van der Waals surface area contributed by atoms with Gasteiger partial charge in [-0.3, -0.25) is 0 Å². The number of halogens is 2. The van der Waals surface area contributed by atoms with Gasteiger partial charge >= 0.3 is 111 Å². The molecule has 0 saturated heterocycles. The van der Waals surface area contributed by atoms with Crippen LogP contribution in [0.15, 0.2) is 36.4 Å². The minimum atomic E-state index is -0.734. The van der Waals surface area contributed by atoms with E-state index in [2.05, 4.69) is 19.1 Å². The number of hydrogen-bond acceptors (Lipinski definition) is 0. The molecule has 92 valence electrons. The molecule has 3 heteroatoms. The van der Waals surface area contributed by atoms with E-state index in [1.165, 1.54) is 16.1 Å². The summed E-state index contributed by atoms with van der Waals surface area (Å²) < 4.78 is 28.5. The Morgan fingerprint density at radius 3 is 2.67 bits per heavy atom. The van der Waals surface area contributed by atoms with Crippen molar-refractivity contribution in [1.82, 2.24) is 0 Å². The minimum absolute atomic E-state index is 0.135. The van der Waals surface area contributed by atoms with Crippen molar-refractivity contribution in [3.8, 4) is 0 Å². The number of benzene rings is 2. The summed E-state index contributed by atoms with van der Waals surface area (Å²) in [5.41, 5.74) is 2.75. The molecule has 0 nitrogen and oxygen atoms in total. The van der Waals surface area contributed by atoms with Crippen LogP contribution in [0.2, 0.25) is 0 Å². The summed E-state index contributed by atoms with van der Waals surface area (Å²) in [6, 6.07) is 11.2. The van der Waals surface area contributed by atoms with Crippen molar-refractivity contribution in [2.75, 3.05) is 0 Å². The predicted molar refractivity (Wildman–Crippen MR) is 69.4 cm³/mol. The van der Waals surface area contributed by atoms with Gasteiger partial charge in [0.05, 0.1) is 0 Å². The molecule has 0 spiro atoms. The van der Waals surface area contributed by atoms with E-state index < -0.39 is 11.6 Å². The van der Waals surface area contributed by atoms with Gasteiger partial charge in [-0.15, -0.1) is 0 Å². The third-order valence-corrected chi connectivity index (χ3v) is 5.80. The van der Waals surface area contributed by atoms with Crippen LogP contribution in [-0.4, -0.2) is 15.0 Å². The van der Waals surface area contributed by atoms with Gasteiger partial charge in [-0.05, 0) is 0 Å². The molecule has 0 aromatic heterocycles. The fourth-order valence-electron chi connectivity index (χ4n) is 2.45. The Morgan fingerprint density at radius 2 is 1.83 bits per heavy atom. The van der Waals surface area contributed by atoms with Crippen molar-refractivity contribution in [1.29, 1.82) is 0 Å². The number of hydrogen-bond donors (Lipinski definition) is 0. The number of rotatable bonds is 0. The molecule has 0 radical (unpaired) electrons. The molecular weight excluding hydrogens is 297 g/mol. The Balaban J connectivity index is 2.21. The second-order valence-corrected chi connectivity index (χ2v) is 6.61. The zero-order valence-electron chi connectivity index (χ0n) is 9.91. The Morgan fingerprint density at radius 1 is 1.06 bits per heavy atom. The summed E-state index contributed by atoms with van der Waals surface area (Å²) in [7, 11) is 0. The standard InChI is InChI=1S/C15H12F2Se/c1-9-10-6-7-13(16)15(17)12(10)8-18-14-5-3-2-4-11(9)14/h2-7,9H,8H2,1H3/t9-/m0/s1. The van der Waals surface area contributed by atoms with E-state index >= 15 is 0 Å². The van der Waals surface area contributed by atoms with Gasteiger partial charge in [-0.25, -0.2) is 0 Å². The van der Waals surface area contributed by atoms with E-state index in [0.29, 0.717) is 10.9 Å². The molecule has 1 atom stereocenters. The van der Waals surface area contributed by atoms with Gasteiger partial charge in [0.15, 0.2) is 0 Å². The topological polar surface area (TPSA) is 0 Å². The van der Waals surface area contributed by atoms with Gasteiger partial charge < -0.3 is 0 Å². The molecule has 1 aliphatic heterocycles. The Labute approximate surface area is 111 Å². The summed E-state index contributed by atoms with van der Waals surface area (Å²) in [4.78, 5) is 0. The third kappa shape index (κ3) is 1.78. The van der Waals surface area contributed by atoms with E-state index in [0.717, 1.165) is 5.56 Å². The summed E-state index contributed by atoms with van der Waals surface area (Å²) in [6.45, 7) is 2.07. The molecule has 0 N–H and O–H groups in total. The van der Waals surface area contributed by atoms with E-state index in [9.17, 15) is 8.78 Å².